The highest BCUT2D eigenvalue weighted by Crippen LogP contribution is 2.29. The first-order valence-corrected chi connectivity index (χ1v) is 12.0. The molecule has 1 fully saturated rings. The van der Waals surface area contributed by atoms with Gasteiger partial charge in [0.1, 0.15) is 30.4 Å². The lowest BCUT2D eigenvalue weighted by Gasteiger charge is -2.09. The summed E-state index contributed by atoms with van der Waals surface area (Å²) in [4.78, 5) is 30.4. The first kappa shape index (κ1) is 23.4. The largest absolute Gasteiger partial charge is 0.490 e. The van der Waals surface area contributed by atoms with Crippen LogP contribution in [0.2, 0.25) is 0 Å². The van der Waals surface area contributed by atoms with Gasteiger partial charge in [0.2, 0.25) is 5.91 Å². The summed E-state index contributed by atoms with van der Waals surface area (Å²) in [5.74, 6) is 0.813. The minimum Gasteiger partial charge on any atom is -0.490 e. The molecule has 1 amide bonds. The number of carbonyl (C=O) groups is 2. The van der Waals surface area contributed by atoms with Gasteiger partial charge in [-0.25, -0.2) is 9.78 Å². The van der Waals surface area contributed by atoms with Gasteiger partial charge in [0.05, 0.1) is 11.8 Å². The molecule has 2 aromatic carbocycles. The van der Waals surface area contributed by atoms with Crippen molar-refractivity contribution >= 4 is 22.9 Å². The molecule has 0 bridgehead atoms. The van der Waals surface area contributed by atoms with Crippen LogP contribution in [0.5, 0.6) is 11.5 Å². The molecular weight excluding hydrogens is 458 g/mol. The number of carboxylic acid groups (broad SMARTS) is 1. The maximum Gasteiger partial charge on any atom is 0.335 e. The standard InChI is InChI=1S/C28H27N3O5/c32-27(20-3-4-20)29-12-11-22-16-30-26-25(22)15-24(17-31-26)36-14-13-35-23-9-7-19(8-10-23)18-1-5-21(6-2-18)28(33)34/h1-2,5-10,15-17,20H,3-4,11-14H2,(H,29,32)(H,30,31)(H,33,34). The van der Waals surface area contributed by atoms with E-state index in [1.165, 1.54) is 0 Å². The molecule has 36 heavy (non-hydrogen) atoms. The van der Waals surface area contributed by atoms with Crippen molar-refractivity contribution < 1.29 is 24.2 Å². The fourth-order valence-electron chi connectivity index (χ4n) is 4.00. The summed E-state index contributed by atoms with van der Waals surface area (Å²) in [7, 11) is 0. The van der Waals surface area contributed by atoms with Crippen LogP contribution in [0.25, 0.3) is 22.2 Å². The van der Waals surface area contributed by atoms with Gasteiger partial charge in [-0.05, 0) is 66.3 Å². The average Bonchev–Trinajstić information content (AvgIpc) is 3.68. The van der Waals surface area contributed by atoms with E-state index in [-0.39, 0.29) is 17.4 Å². The van der Waals surface area contributed by atoms with E-state index in [1.54, 1.807) is 30.5 Å². The number of nitrogens with one attached hydrogen (secondary N) is 2. The summed E-state index contributed by atoms with van der Waals surface area (Å²) < 4.78 is 11.6. The first-order valence-electron chi connectivity index (χ1n) is 12.0. The molecule has 0 aliphatic heterocycles. The molecule has 2 aromatic heterocycles. The highest BCUT2D eigenvalue weighted by Gasteiger charge is 2.29. The Labute approximate surface area is 208 Å². The Morgan fingerprint density at radius 3 is 2.31 bits per heavy atom. The maximum absolute atomic E-state index is 11.8. The van der Waals surface area contributed by atoms with Crippen LogP contribution >= 0.6 is 0 Å². The van der Waals surface area contributed by atoms with Gasteiger partial charge in [-0.1, -0.05) is 24.3 Å². The third-order valence-corrected chi connectivity index (χ3v) is 6.17. The molecule has 1 aliphatic carbocycles. The summed E-state index contributed by atoms with van der Waals surface area (Å²) in [6, 6.07) is 16.3. The van der Waals surface area contributed by atoms with E-state index in [0.717, 1.165) is 52.7 Å². The lowest BCUT2D eigenvalue weighted by atomic mass is 10.0. The number of aromatic nitrogens is 2. The van der Waals surface area contributed by atoms with Crippen molar-refractivity contribution in [2.75, 3.05) is 19.8 Å². The average molecular weight is 486 g/mol. The Bertz CT molecular complexity index is 1360. The molecule has 184 valence electrons. The molecule has 8 heteroatoms. The number of carboxylic acids is 1. The molecule has 8 nitrogen and oxygen atoms in total. The molecule has 3 N–H and O–H groups in total. The molecule has 0 unspecified atom stereocenters. The zero-order valence-corrected chi connectivity index (χ0v) is 19.7. The zero-order valence-electron chi connectivity index (χ0n) is 19.7. The van der Waals surface area contributed by atoms with Crippen LogP contribution in [0.4, 0.5) is 0 Å². The predicted octanol–water partition coefficient (Wildman–Crippen LogP) is 4.45. The van der Waals surface area contributed by atoms with Gasteiger partial charge in [0.15, 0.2) is 0 Å². The van der Waals surface area contributed by atoms with E-state index in [9.17, 15) is 9.59 Å². The van der Waals surface area contributed by atoms with Crippen molar-refractivity contribution in [2.45, 2.75) is 19.3 Å². The van der Waals surface area contributed by atoms with Crippen molar-refractivity contribution in [3.8, 4) is 22.6 Å². The van der Waals surface area contributed by atoms with Crippen molar-refractivity contribution in [1.29, 1.82) is 0 Å². The number of ether oxygens (including phenoxy) is 2. The third kappa shape index (κ3) is 5.66. The number of carbonyl (C=O) groups excluding carboxylic acids is 1. The van der Waals surface area contributed by atoms with Crippen molar-refractivity contribution in [3.05, 3.63) is 78.1 Å². The highest BCUT2D eigenvalue weighted by atomic mass is 16.5. The normalized spacial score (nSPS) is 12.9. The minimum absolute atomic E-state index is 0.154. The van der Waals surface area contributed by atoms with Crippen molar-refractivity contribution in [3.63, 3.8) is 0 Å². The highest BCUT2D eigenvalue weighted by molar-refractivity contribution is 5.88. The Morgan fingerprint density at radius 2 is 1.64 bits per heavy atom. The monoisotopic (exact) mass is 485 g/mol. The van der Waals surface area contributed by atoms with Crippen LogP contribution in [-0.4, -0.2) is 46.7 Å². The summed E-state index contributed by atoms with van der Waals surface area (Å²) in [5.41, 5.74) is 4.06. The Morgan fingerprint density at radius 1 is 0.972 bits per heavy atom. The van der Waals surface area contributed by atoms with Gasteiger partial charge in [-0.15, -0.1) is 0 Å². The minimum atomic E-state index is -0.939. The topological polar surface area (TPSA) is 114 Å². The van der Waals surface area contributed by atoms with Crippen LogP contribution in [0.15, 0.2) is 67.0 Å². The molecule has 4 aromatic rings. The van der Waals surface area contributed by atoms with Gasteiger partial charge in [-0.2, -0.15) is 0 Å². The predicted molar refractivity (Wildman–Crippen MR) is 135 cm³/mol. The fourth-order valence-corrected chi connectivity index (χ4v) is 4.00. The summed E-state index contributed by atoms with van der Waals surface area (Å²) in [6.07, 6.45) is 6.35. The van der Waals surface area contributed by atoms with Crippen LogP contribution in [0.1, 0.15) is 28.8 Å². The van der Waals surface area contributed by atoms with Gasteiger partial charge in [0, 0.05) is 24.0 Å². The molecule has 1 aliphatic rings. The van der Waals surface area contributed by atoms with E-state index in [4.69, 9.17) is 14.6 Å². The number of fused-ring (bicyclic) bond motifs is 1. The van der Waals surface area contributed by atoms with Gasteiger partial charge >= 0.3 is 5.97 Å². The second kappa shape index (κ2) is 10.5. The molecule has 2 heterocycles. The van der Waals surface area contributed by atoms with Crippen LogP contribution in [0, 0.1) is 5.92 Å². The number of rotatable bonds is 11. The van der Waals surface area contributed by atoms with E-state index in [0.29, 0.717) is 25.5 Å². The number of H-pyrrole nitrogens is 1. The third-order valence-electron chi connectivity index (χ3n) is 6.17. The Hall–Kier alpha value is -4.33. The van der Waals surface area contributed by atoms with E-state index >= 15 is 0 Å². The molecule has 0 saturated heterocycles. The van der Waals surface area contributed by atoms with Crippen LogP contribution in [-0.2, 0) is 11.2 Å². The van der Waals surface area contributed by atoms with Gasteiger partial charge < -0.3 is 24.9 Å². The lowest BCUT2D eigenvalue weighted by Crippen LogP contribution is -2.26. The SMILES string of the molecule is O=C(O)c1ccc(-c2ccc(OCCOc3cnc4[nH]cc(CCNC(=O)C5CC5)c4c3)cc2)cc1. The number of amides is 1. The number of aromatic amines is 1. The zero-order chi connectivity index (χ0) is 24.9. The van der Waals surface area contributed by atoms with Crippen molar-refractivity contribution in [1.82, 2.24) is 15.3 Å². The number of nitrogens with zero attached hydrogens (tertiary/aromatic N) is 1. The van der Waals surface area contributed by atoms with Crippen LogP contribution in [0.3, 0.4) is 0 Å². The molecule has 0 atom stereocenters. The Kier molecular flexibility index (Phi) is 6.84. The van der Waals surface area contributed by atoms with E-state index < -0.39 is 5.97 Å². The van der Waals surface area contributed by atoms with E-state index in [2.05, 4.69) is 15.3 Å². The van der Waals surface area contributed by atoms with Gasteiger partial charge in [-0.3, -0.25) is 4.79 Å². The number of benzene rings is 2. The number of hydrogen-bond acceptors (Lipinski definition) is 5. The number of hydrogen-bond donors (Lipinski definition) is 3. The smallest absolute Gasteiger partial charge is 0.335 e. The molecular formula is C28H27N3O5. The molecule has 0 radical (unpaired) electrons. The molecule has 0 spiro atoms. The number of aromatic carboxylic acids is 1. The second-order valence-corrected chi connectivity index (χ2v) is 8.80. The first-order chi connectivity index (χ1) is 17.6. The van der Waals surface area contributed by atoms with Crippen molar-refractivity contribution in [2.24, 2.45) is 5.92 Å². The fraction of sp³-hybridized carbons (Fsp3) is 0.250. The van der Waals surface area contributed by atoms with E-state index in [1.807, 2.05) is 36.5 Å². The quantitative estimate of drug-likeness (QED) is 0.271. The summed E-state index contributed by atoms with van der Waals surface area (Å²) in [6.45, 7) is 1.34. The van der Waals surface area contributed by atoms with Crippen LogP contribution < -0.4 is 14.8 Å². The van der Waals surface area contributed by atoms with Gasteiger partial charge in [0.25, 0.3) is 0 Å². The maximum atomic E-state index is 11.8. The number of pyridine rings is 1. The molecule has 5 rings (SSSR count). The summed E-state index contributed by atoms with van der Waals surface area (Å²) >= 11 is 0. The lowest BCUT2D eigenvalue weighted by molar-refractivity contribution is -0.122. The molecule has 1 saturated carbocycles. The summed E-state index contributed by atoms with van der Waals surface area (Å²) in [5, 5.41) is 13.0. The second-order valence-electron chi connectivity index (χ2n) is 8.80. The Balaban J connectivity index is 1.10.